The van der Waals surface area contributed by atoms with Gasteiger partial charge in [0, 0.05) is 18.9 Å². The lowest BCUT2D eigenvalue weighted by molar-refractivity contribution is 0.00653. The summed E-state index contributed by atoms with van der Waals surface area (Å²) < 4.78 is 8.10. The second kappa shape index (κ2) is 5.55. The van der Waals surface area contributed by atoms with E-state index in [1.165, 1.54) is 0 Å². The Hall–Kier alpha value is -0.770. The van der Waals surface area contributed by atoms with Crippen LogP contribution in [-0.4, -0.2) is 27.6 Å². The lowest BCUT2D eigenvalue weighted by Gasteiger charge is -2.25. The summed E-state index contributed by atoms with van der Waals surface area (Å²) >= 11 is 12.3. The fourth-order valence-corrected chi connectivity index (χ4v) is 3.37. The summed E-state index contributed by atoms with van der Waals surface area (Å²) in [4.78, 5) is 4.67. The molecule has 2 aromatic rings. The van der Waals surface area contributed by atoms with Gasteiger partial charge in [-0.25, -0.2) is 4.98 Å². The maximum Gasteiger partial charge on any atom is 0.111 e. The summed E-state index contributed by atoms with van der Waals surface area (Å²) in [6.07, 6.45) is 2.92. The van der Waals surface area contributed by atoms with Crippen LogP contribution in [0.4, 0.5) is 0 Å². The number of benzene rings is 1. The highest BCUT2D eigenvalue weighted by Crippen LogP contribution is 2.31. The Morgan fingerprint density at radius 2 is 2.30 bits per heavy atom. The third-order valence-corrected chi connectivity index (χ3v) is 4.40. The van der Waals surface area contributed by atoms with Crippen LogP contribution in [0.15, 0.2) is 18.2 Å². The van der Waals surface area contributed by atoms with Gasteiger partial charge in [0.15, 0.2) is 0 Å². The van der Waals surface area contributed by atoms with Crippen LogP contribution in [0.1, 0.15) is 25.6 Å². The van der Waals surface area contributed by atoms with E-state index in [9.17, 15) is 0 Å². The maximum absolute atomic E-state index is 6.37. The number of ether oxygens (including phenoxy) is 1. The van der Waals surface area contributed by atoms with E-state index in [4.69, 9.17) is 27.9 Å². The van der Waals surface area contributed by atoms with Crippen molar-refractivity contribution in [3.05, 3.63) is 29.0 Å². The van der Waals surface area contributed by atoms with Gasteiger partial charge < -0.3 is 9.30 Å². The summed E-state index contributed by atoms with van der Waals surface area (Å²) in [5.41, 5.74) is 1.79. The summed E-state index contributed by atoms with van der Waals surface area (Å²) in [7, 11) is 0. The van der Waals surface area contributed by atoms with Crippen LogP contribution in [0.5, 0.6) is 0 Å². The molecule has 1 unspecified atom stereocenters. The first kappa shape index (κ1) is 14.2. The van der Waals surface area contributed by atoms with E-state index in [0.717, 1.165) is 54.3 Å². The van der Waals surface area contributed by atoms with E-state index in [1.54, 1.807) is 0 Å². The monoisotopic (exact) mass is 312 g/mol. The molecular formula is C15H18Cl2N2O. The molecule has 0 saturated carbocycles. The van der Waals surface area contributed by atoms with Gasteiger partial charge in [-0.2, -0.15) is 0 Å². The minimum absolute atomic E-state index is 0.131. The molecule has 0 aliphatic carbocycles. The Kier molecular flexibility index (Phi) is 3.93. The molecule has 3 rings (SSSR count). The molecule has 0 bridgehead atoms. The number of imidazole rings is 1. The first-order chi connectivity index (χ1) is 9.63. The van der Waals surface area contributed by atoms with Crippen molar-refractivity contribution in [3.8, 4) is 0 Å². The van der Waals surface area contributed by atoms with E-state index >= 15 is 0 Å². The molecule has 0 N–H and O–H groups in total. The third kappa shape index (κ3) is 2.54. The molecule has 1 aliphatic rings. The van der Waals surface area contributed by atoms with Crippen molar-refractivity contribution >= 4 is 34.2 Å². The Morgan fingerprint density at radius 1 is 1.45 bits per heavy atom. The normalized spacial score (nSPS) is 22.8. The van der Waals surface area contributed by atoms with Crippen molar-refractivity contribution in [3.63, 3.8) is 0 Å². The van der Waals surface area contributed by atoms with E-state index < -0.39 is 0 Å². The molecule has 5 heteroatoms. The van der Waals surface area contributed by atoms with E-state index in [1.807, 2.05) is 18.2 Å². The molecule has 1 aliphatic heterocycles. The summed E-state index contributed by atoms with van der Waals surface area (Å²) in [5, 5.41) is 0.734. The lowest BCUT2D eigenvalue weighted by atomic mass is 10.0. The van der Waals surface area contributed by atoms with Crippen LogP contribution in [0.25, 0.3) is 11.0 Å². The third-order valence-electron chi connectivity index (χ3n) is 3.91. The van der Waals surface area contributed by atoms with Crippen LogP contribution >= 0.6 is 23.2 Å². The number of hydrogen-bond donors (Lipinski definition) is 0. The number of aromatic nitrogens is 2. The summed E-state index contributed by atoms with van der Waals surface area (Å²) in [6, 6.07) is 5.83. The predicted molar refractivity (Wildman–Crippen MR) is 82.8 cm³/mol. The molecule has 0 radical (unpaired) electrons. The van der Waals surface area contributed by atoms with Crippen LogP contribution in [0, 0.1) is 0 Å². The molecular weight excluding hydrogens is 295 g/mol. The van der Waals surface area contributed by atoms with Gasteiger partial charge in [0.2, 0.25) is 0 Å². The standard InChI is InChI=1S/C15H18Cl2N2O/c1-15(7-3-9-20-15)10-19-13(6-8-16)18-12-5-2-4-11(17)14(12)19/h2,4-5H,3,6-10H2,1H3. The van der Waals surface area contributed by atoms with Crippen LogP contribution in [0.3, 0.4) is 0 Å². The van der Waals surface area contributed by atoms with Gasteiger partial charge in [-0.15, -0.1) is 11.6 Å². The second-order valence-corrected chi connectivity index (χ2v) is 6.35. The Morgan fingerprint density at radius 3 is 3.00 bits per heavy atom. The molecule has 0 spiro atoms. The molecule has 1 atom stereocenters. The molecule has 1 fully saturated rings. The van der Waals surface area contributed by atoms with Crippen molar-refractivity contribution in [1.29, 1.82) is 0 Å². The van der Waals surface area contributed by atoms with Crippen molar-refractivity contribution in [2.75, 3.05) is 12.5 Å². The molecule has 1 saturated heterocycles. The number of nitrogens with zero attached hydrogens (tertiary/aromatic N) is 2. The van der Waals surface area contributed by atoms with Crippen LogP contribution < -0.4 is 0 Å². The average molecular weight is 313 g/mol. The van der Waals surface area contributed by atoms with Crippen LogP contribution in [0.2, 0.25) is 5.02 Å². The zero-order valence-electron chi connectivity index (χ0n) is 11.5. The molecule has 108 valence electrons. The SMILES string of the molecule is CC1(Cn2c(CCCl)nc3cccc(Cl)c32)CCCO1. The predicted octanol–water partition coefficient (Wildman–Crippen LogP) is 4.04. The highest BCUT2D eigenvalue weighted by molar-refractivity contribution is 6.35. The topological polar surface area (TPSA) is 27.1 Å². The molecule has 0 amide bonds. The van der Waals surface area contributed by atoms with E-state index in [-0.39, 0.29) is 5.60 Å². The van der Waals surface area contributed by atoms with Gasteiger partial charge in [0.25, 0.3) is 0 Å². The number of fused-ring (bicyclic) bond motifs is 1. The van der Waals surface area contributed by atoms with Gasteiger partial charge in [0.1, 0.15) is 5.82 Å². The Labute approximate surface area is 128 Å². The fraction of sp³-hybridized carbons (Fsp3) is 0.533. The quantitative estimate of drug-likeness (QED) is 0.797. The van der Waals surface area contributed by atoms with Crippen LogP contribution in [-0.2, 0) is 17.7 Å². The number of alkyl halides is 1. The van der Waals surface area contributed by atoms with Gasteiger partial charge in [-0.1, -0.05) is 17.7 Å². The Balaban J connectivity index is 2.08. The largest absolute Gasteiger partial charge is 0.373 e. The fourth-order valence-electron chi connectivity index (χ4n) is 2.93. The highest BCUT2D eigenvalue weighted by Gasteiger charge is 2.31. The molecule has 1 aromatic carbocycles. The lowest BCUT2D eigenvalue weighted by Crippen LogP contribution is -2.30. The first-order valence-electron chi connectivity index (χ1n) is 6.96. The number of rotatable bonds is 4. The Bertz CT molecular complexity index is 618. The molecule has 20 heavy (non-hydrogen) atoms. The molecule has 3 nitrogen and oxygen atoms in total. The number of hydrogen-bond acceptors (Lipinski definition) is 2. The van der Waals surface area contributed by atoms with Crippen molar-refractivity contribution < 1.29 is 4.74 Å². The maximum atomic E-state index is 6.37. The van der Waals surface area contributed by atoms with Crippen molar-refractivity contribution in [1.82, 2.24) is 9.55 Å². The molecule has 2 heterocycles. The first-order valence-corrected chi connectivity index (χ1v) is 7.88. The molecule has 1 aromatic heterocycles. The summed E-state index contributed by atoms with van der Waals surface area (Å²) in [6.45, 7) is 3.77. The summed E-state index contributed by atoms with van der Waals surface area (Å²) in [5.74, 6) is 1.54. The highest BCUT2D eigenvalue weighted by atomic mass is 35.5. The van der Waals surface area contributed by atoms with Gasteiger partial charge in [-0.05, 0) is 31.9 Å². The minimum Gasteiger partial charge on any atom is -0.373 e. The smallest absolute Gasteiger partial charge is 0.111 e. The van der Waals surface area contributed by atoms with Crippen molar-refractivity contribution in [2.24, 2.45) is 0 Å². The number of halogens is 2. The van der Waals surface area contributed by atoms with Gasteiger partial charge in [0.05, 0.1) is 28.2 Å². The van der Waals surface area contributed by atoms with Gasteiger partial charge in [-0.3, -0.25) is 0 Å². The van der Waals surface area contributed by atoms with E-state index in [2.05, 4.69) is 16.5 Å². The average Bonchev–Trinajstić information content (AvgIpc) is 2.97. The second-order valence-electron chi connectivity index (χ2n) is 5.56. The number of aryl methyl sites for hydroxylation is 1. The zero-order chi connectivity index (χ0) is 14.2. The zero-order valence-corrected chi connectivity index (χ0v) is 13.0. The minimum atomic E-state index is -0.131. The van der Waals surface area contributed by atoms with E-state index in [0.29, 0.717) is 5.88 Å². The van der Waals surface area contributed by atoms with Crippen molar-refractivity contribution in [2.45, 2.75) is 38.3 Å². The van der Waals surface area contributed by atoms with Gasteiger partial charge >= 0.3 is 0 Å². The number of para-hydroxylation sites is 1.